The van der Waals surface area contributed by atoms with Crippen LogP contribution in [0.2, 0.25) is 0 Å². The number of nitrogens with one attached hydrogen (secondary N) is 1. The predicted molar refractivity (Wildman–Crippen MR) is 137 cm³/mol. The zero-order valence-electron chi connectivity index (χ0n) is 21.4. The van der Waals surface area contributed by atoms with Gasteiger partial charge >= 0.3 is 0 Å². The summed E-state index contributed by atoms with van der Waals surface area (Å²) in [5, 5.41) is 3.17. The van der Waals surface area contributed by atoms with Gasteiger partial charge in [0.2, 0.25) is 5.91 Å². The van der Waals surface area contributed by atoms with E-state index in [9.17, 15) is 9.59 Å². The lowest BCUT2D eigenvalue weighted by molar-refractivity contribution is -0.123. The number of amides is 2. The van der Waals surface area contributed by atoms with Crippen LogP contribution in [0.3, 0.4) is 0 Å². The molecule has 0 radical (unpaired) electrons. The Balaban J connectivity index is 1.88. The molecule has 1 aliphatic heterocycles. The Kier molecular flexibility index (Phi) is 7.36. The zero-order valence-corrected chi connectivity index (χ0v) is 21.4. The number of anilines is 1. The lowest BCUT2D eigenvalue weighted by Crippen LogP contribution is -2.53. The van der Waals surface area contributed by atoms with E-state index >= 15 is 0 Å². The van der Waals surface area contributed by atoms with Crippen LogP contribution in [0.5, 0.6) is 0 Å². The van der Waals surface area contributed by atoms with Crippen LogP contribution < -0.4 is 5.32 Å². The van der Waals surface area contributed by atoms with Crippen molar-refractivity contribution in [3.63, 3.8) is 0 Å². The van der Waals surface area contributed by atoms with Crippen molar-refractivity contribution in [1.29, 1.82) is 0 Å². The van der Waals surface area contributed by atoms with E-state index in [-0.39, 0.29) is 34.6 Å². The van der Waals surface area contributed by atoms with Crippen LogP contribution in [-0.4, -0.2) is 29.3 Å². The van der Waals surface area contributed by atoms with Gasteiger partial charge in [0.15, 0.2) is 0 Å². The van der Waals surface area contributed by atoms with Crippen molar-refractivity contribution in [3.8, 4) is 0 Å². The first-order valence-corrected chi connectivity index (χ1v) is 12.1. The molecule has 0 bridgehead atoms. The molecule has 2 aromatic carbocycles. The Bertz CT molecular complexity index is 997. The summed E-state index contributed by atoms with van der Waals surface area (Å²) in [4.78, 5) is 29.1. The largest absolute Gasteiger partial charge is 0.335 e. The van der Waals surface area contributed by atoms with Crippen molar-refractivity contribution in [2.24, 2.45) is 11.3 Å². The molecule has 2 amide bonds. The monoisotopic (exact) mass is 448 g/mol. The minimum absolute atomic E-state index is 0.00303. The number of benzene rings is 2. The van der Waals surface area contributed by atoms with Gasteiger partial charge in [-0.1, -0.05) is 71.9 Å². The maximum absolute atomic E-state index is 13.6. The van der Waals surface area contributed by atoms with Crippen LogP contribution in [0.15, 0.2) is 48.5 Å². The average Bonchev–Trinajstić information content (AvgIpc) is 2.72. The molecule has 4 nitrogen and oxygen atoms in total. The summed E-state index contributed by atoms with van der Waals surface area (Å²) < 4.78 is 0. The molecule has 4 heteroatoms. The van der Waals surface area contributed by atoms with Gasteiger partial charge in [0.05, 0.1) is 5.92 Å². The van der Waals surface area contributed by atoms with Gasteiger partial charge in [-0.25, -0.2) is 0 Å². The number of hydrogen-bond donors (Lipinski definition) is 1. The second-order valence-electron chi connectivity index (χ2n) is 11.7. The molecule has 0 saturated carbocycles. The number of rotatable bonds is 4. The van der Waals surface area contributed by atoms with Gasteiger partial charge in [0, 0.05) is 23.8 Å². The van der Waals surface area contributed by atoms with Crippen molar-refractivity contribution < 1.29 is 9.59 Å². The SMILES string of the molecule is Cc1ccccc1C(=O)N1CCC[C@H](C(=O)Nc2cccc(C(C)(C)C)c2)[C@@H]1CC(C)(C)C. The number of piperidine rings is 1. The van der Waals surface area contributed by atoms with Gasteiger partial charge in [-0.05, 0) is 66.3 Å². The second-order valence-corrected chi connectivity index (χ2v) is 11.7. The van der Waals surface area contributed by atoms with Crippen LogP contribution in [-0.2, 0) is 10.2 Å². The fourth-order valence-corrected chi connectivity index (χ4v) is 4.76. The van der Waals surface area contributed by atoms with Crippen LogP contribution in [0.1, 0.15) is 82.3 Å². The maximum atomic E-state index is 13.6. The molecule has 1 N–H and O–H groups in total. The second kappa shape index (κ2) is 9.70. The number of aryl methyl sites for hydroxylation is 1. The van der Waals surface area contributed by atoms with E-state index in [4.69, 9.17) is 0 Å². The molecular weight excluding hydrogens is 408 g/mol. The first kappa shape index (κ1) is 25.0. The molecule has 1 saturated heterocycles. The first-order valence-electron chi connectivity index (χ1n) is 12.1. The third-order valence-corrected chi connectivity index (χ3v) is 6.57. The van der Waals surface area contributed by atoms with Crippen LogP contribution >= 0.6 is 0 Å². The van der Waals surface area contributed by atoms with Crippen molar-refractivity contribution >= 4 is 17.5 Å². The molecule has 178 valence electrons. The van der Waals surface area contributed by atoms with Gasteiger partial charge in [-0.3, -0.25) is 9.59 Å². The summed E-state index contributed by atoms with van der Waals surface area (Å²) in [5.74, 6) is -0.184. The molecule has 1 fully saturated rings. The molecule has 0 aromatic heterocycles. The highest BCUT2D eigenvalue weighted by molar-refractivity contribution is 5.97. The molecule has 3 rings (SSSR count). The van der Waals surface area contributed by atoms with Gasteiger partial charge < -0.3 is 10.2 Å². The van der Waals surface area contributed by atoms with E-state index in [1.165, 1.54) is 5.56 Å². The summed E-state index contributed by atoms with van der Waals surface area (Å²) in [5.41, 5.74) is 3.72. The van der Waals surface area contributed by atoms with Crippen LogP contribution in [0.4, 0.5) is 5.69 Å². The van der Waals surface area contributed by atoms with Gasteiger partial charge in [-0.2, -0.15) is 0 Å². The number of hydrogen-bond acceptors (Lipinski definition) is 2. The van der Waals surface area contributed by atoms with Crippen molar-refractivity contribution in [1.82, 2.24) is 4.90 Å². The summed E-state index contributed by atoms with van der Waals surface area (Å²) in [6.45, 7) is 15.7. The Morgan fingerprint density at radius 1 is 1.00 bits per heavy atom. The lowest BCUT2D eigenvalue weighted by Gasteiger charge is -2.43. The highest BCUT2D eigenvalue weighted by Gasteiger charge is 2.40. The number of carbonyl (C=O) groups is 2. The molecule has 0 aliphatic carbocycles. The minimum Gasteiger partial charge on any atom is -0.335 e. The van der Waals surface area contributed by atoms with Gasteiger partial charge in [-0.15, -0.1) is 0 Å². The van der Waals surface area contributed by atoms with Crippen molar-refractivity contribution in [2.75, 3.05) is 11.9 Å². The molecule has 2 atom stereocenters. The van der Waals surface area contributed by atoms with E-state index in [0.717, 1.165) is 36.1 Å². The molecule has 0 spiro atoms. The molecular formula is C29H40N2O2. The van der Waals surface area contributed by atoms with E-state index in [1.807, 2.05) is 48.2 Å². The molecule has 2 aromatic rings. The molecule has 1 heterocycles. The fourth-order valence-electron chi connectivity index (χ4n) is 4.76. The number of likely N-dealkylation sites (tertiary alicyclic amines) is 1. The van der Waals surface area contributed by atoms with Gasteiger partial charge in [0.25, 0.3) is 5.91 Å². The summed E-state index contributed by atoms with van der Waals surface area (Å²) in [7, 11) is 0. The quantitative estimate of drug-likeness (QED) is 0.574. The predicted octanol–water partition coefficient (Wildman–Crippen LogP) is 6.59. The Morgan fingerprint density at radius 2 is 1.70 bits per heavy atom. The molecule has 1 aliphatic rings. The minimum atomic E-state index is -0.232. The summed E-state index contributed by atoms with van der Waals surface area (Å²) in [6, 6.07) is 15.7. The highest BCUT2D eigenvalue weighted by atomic mass is 16.2. The highest BCUT2D eigenvalue weighted by Crippen LogP contribution is 2.35. The smallest absolute Gasteiger partial charge is 0.254 e. The number of nitrogens with zero attached hydrogens (tertiary/aromatic N) is 1. The first-order chi connectivity index (χ1) is 15.4. The van der Waals surface area contributed by atoms with E-state index in [2.05, 4.69) is 59.0 Å². The average molecular weight is 449 g/mol. The Morgan fingerprint density at radius 3 is 2.33 bits per heavy atom. The maximum Gasteiger partial charge on any atom is 0.254 e. The van der Waals surface area contributed by atoms with Crippen LogP contribution in [0.25, 0.3) is 0 Å². The van der Waals surface area contributed by atoms with E-state index < -0.39 is 0 Å². The molecule has 33 heavy (non-hydrogen) atoms. The van der Waals surface area contributed by atoms with Crippen molar-refractivity contribution in [2.45, 2.75) is 79.2 Å². The third-order valence-electron chi connectivity index (χ3n) is 6.57. The Labute approximate surface area is 199 Å². The normalized spacial score (nSPS) is 19.3. The lowest BCUT2D eigenvalue weighted by atomic mass is 9.78. The summed E-state index contributed by atoms with van der Waals surface area (Å²) >= 11 is 0. The molecule has 0 unspecified atom stereocenters. The number of carbonyl (C=O) groups excluding carboxylic acids is 2. The van der Waals surface area contributed by atoms with Crippen molar-refractivity contribution in [3.05, 3.63) is 65.2 Å². The standard InChI is InChI=1S/C29H40N2O2/c1-20-12-8-9-15-23(20)27(33)31-17-11-16-24(25(31)19-28(2,3)4)26(32)30-22-14-10-13-21(18-22)29(5,6)7/h8-10,12-15,18,24-25H,11,16-17,19H2,1-7H3,(H,30,32)/t24-,25-/m0/s1. The topological polar surface area (TPSA) is 49.4 Å². The summed E-state index contributed by atoms with van der Waals surface area (Å²) in [6.07, 6.45) is 2.41. The van der Waals surface area contributed by atoms with E-state index in [0.29, 0.717) is 6.54 Å². The van der Waals surface area contributed by atoms with Gasteiger partial charge in [0.1, 0.15) is 0 Å². The zero-order chi connectivity index (χ0) is 24.4. The Hall–Kier alpha value is -2.62. The third kappa shape index (κ3) is 6.25. The van der Waals surface area contributed by atoms with Crippen LogP contribution in [0, 0.1) is 18.3 Å². The van der Waals surface area contributed by atoms with E-state index in [1.54, 1.807) is 0 Å². The fraction of sp³-hybridized carbons (Fsp3) is 0.517.